The zero-order chi connectivity index (χ0) is 15.5. The Kier molecular flexibility index (Phi) is 3.65. The highest BCUT2D eigenvalue weighted by Crippen LogP contribution is 2.22. The van der Waals surface area contributed by atoms with Crippen LogP contribution in [0.3, 0.4) is 0 Å². The van der Waals surface area contributed by atoms with Crippen LogP contribution in [0.1, 0.15) is 0 Å². The monoisotopic (exact) mass is 300 g/mol. The van der Waals surface area contributed by atoms with Crippen LogP contribution in [-0.2, 0) is 7.05 Å². The summed E-state index contributed by atoms with van der Waals surface area (Å²) in [7, 11) is 1.88. The van der Waals surface area contributed by atoms with E-state index in [4.69, 9.17) is 5.11 Å². The maximum absolute atomic E-state index is 10.4. The Morgan fingerprint density at radius 3 is 2.77 bits per heavy atom. The molecule has 0 aliphatic heterocycles. The summed E-state index contributed by atoms with van der Waals surface area (Å²) in [6.45, 7) is 0.832. The van der Waals surface area contributed by atoms with Gasteiger partial charge in [0.15, 0.2) is 0 Å². The second-order valence-corrected chi connectivity index (χ2v) is 4.87. The van der Waals surface area contributed by atoms with Crippen molar-refractivity contribution in [3.05, 3.63) is 36.9 Å². The number of hydrogen-bond acceptors (Lipinski definition) is 4. The minimum Gasteiger partial charge on any atom is -0.465 e. The molecule has 3 heterocycles. The van der Waals surface area contributed by atoms with Crippen molar-refractivity contribution in [2.24, 2.45) is 7.05 Å². The molecule has 0 radical (unpaired) electrons. The van der Waals surface area contributed by atoms with E-state index in [1.165, 1.54) is 0 Å². The SMILES string of the molecule is Cn1cc(-c2ccc3c(NCCNC(=O)O)cnn3c2)cn1. The van der Waals surface area contributed by atoms with Crippen molar-refractivity contribution < 1.29 is 9.90 Å². The number of pyridine rings is 1. The first-order chi connectivity index (χ1) is 10.6. The molecule has 8 nitrogen and oxygen atoms in total. The zero-order valence-corrected chi connectivity index (χ0v) is 12.0. The zero-order valence-electron chi connectivity index (χ0n) is 12.0. The molecule has 8 heteroatoms. The number of carboxylic acid groups (broad SMARTS) is 1. The van der Waals surface area contributed by atoms with E-state index in [0.29, 0.717) is 13.1 Å². The molecule has 0 aliphatic carbocycles. The number of carbonyl (C=O) groups is 1. The number of aromatic nitrogens is 4. The van der Waals surface area contributed by atoms with Crippen LogP contribution in [0.25, 0.3) is 16.6 Å². The summed E-state index contributed by atoms with van der Waals surface area (Å²) in [5, 5.41) is 22.5. The topological polar surface area (TPSA) is 96.5 Å². The smallest absolute Gasteiger partial charge is 0.404 e. The van der Waals surface area contributed by atoms with Gasteiger partial charge in [-0.15, -0.1) is 0 Å². The lowest BCUT2D eigenvalue weighted by atomic mass is 10.1. The molecule has 0 atom stereocenters. The fourth-order valence-corrected chi connectivity index (χ4v) is 2.23. The quantitative estimate of drug-likeness (QED) is 0.619. The van der Waals surface area contributed by atoms with Crippen molar-refractivity contribution >= 4 is 17.3 Å². The molecule has 0 saturated carbocycles. The Balaban J connectivity index is 1.76. The second kappa shape index (κ2) is 5.76. The Hall–Kier alpha value is -3.03. The fourth-order valence-electron chi connectivity index (χ4n) is 2.23. The van der Waals surface area contributed by atoms with Gasteiger partial charge in [0.2, 0.25) is 0 Å². The third-order valence-electron chi connectivity index (χ3n) is 3.27. The molecule has 0 fully saturated rings. The van der Waals surface area contributed by atoms with Gasteiger partial charge in [-0.05, 0) is 6.07 Å². The Labute approximate surface area is 126 Å². The molecule has 22 heavy (non-hydrogen) atoms. The molecule has 0 bridgehead atoms. The van der Waals surface area contributed by atoms with Crippen LogP contribution >= 0.6 is 0 Å². The number of nitrogens with zero attached hydrogens (tertiary/aromatic N) is 4. The maximum atomic E-state index is 10.4. The van der Waals surface area contributed by atoms with Gasteiger partial charge >= 0.3 is 6.09 Å². The summed E-state index contributed by atoms with van der Waals surface area (Å²) < 4.78 is 3.54. The first kappa shape index (κ1) is 13.9. The minimum absolute atomic E-state index is 0.334. The predicted octanol–water partition coefficient (Wildman–Crippen LogP) is 1.41. The van der Waals surface area contributed by atoms with Crippen LogP contribution in [0.4, 0.5) is 10.5 Å². The summed E-state index contributed by atoms with van der Waals surface area (Å²) in [5.41, 5.74) is 3.86. The highest BCUT2D eigenvalue weighted by molar-refractivity contribution is 5.74. The van der Waals surface area contributed by atoms with E-state index >= 15 is 0 Å². The van der Waals surface area contributed by atoms with Gasteiger partial charge in [-0.2, -0.15) is 10.2 Å². The molecule has 0 spiro atoms. The lowest BCUT2D eigenvalue weighted by Crippen LogP contribution is -2.26. The third kappa shape index (κ3) is 2.85. The summed E-state index contributed by atoms with van der Waals surface area (Å²) >= 11 is 0. The minimum atomic E-state index is -1.03. The predicted molar refractivity (Wildman–Crippen MR) is 81.9 cm³/mol. The number of fused-ring (bicyclic) bond motifs is 1. The highest BCUT2D eigenvalue weighted by atomic mass is 16.4. The number of nitrogens with one attached hydrogen (secondary N) is 2. The molecule has 3 aromatic heterocycles. The number of aryl methyl sites for hydroxylation is 1. The van der Waals surface area contributed by atoms with E-state index < -0.39 is 6.09 Å². The van der Waals surface area contributed by atoms with Gasteiger partial charge in [-0.25, -0.2) is 9.31 Å². The number of anilines is 1. The molecule has 0 unspecified atom stereocenters. The van der Waals surface area contributed by atoms with Gasteiger partial charge in [0.25, 0.3) is 0 Å². The normalized spacial score (nSPS) is 10.8. The standard InChI is InChI=1S/C14H16N6O2/c1-19-8-11(6-17-19)10-2-3-13-12(7-18-20(13)9-10)15-4-5-16-14(21)22/h2-3,6-9,15-16H,4-5H2,1H3,(H,21,22). The lowest BCUT2D eigenvalue weighted by molar-refractivity contribution is 0.195. The molecular weight excluding hydrogens is 284 g/mol. The van der Waals surface area contributed by atoms with Crippen LogP contribution in [0, 0.1) is 0 Å². The summed E-state index contributed by atoms with van der Waals surface area (Å²) in [6.07, 6.45) is 6.39. The van der Waals surface area contributed by atoms with E-state index in [0.717, 1.165) is 22.3 Å². The van der Waals surface area contributed by atoms with E-state index in [2.05, 4.69) is 20.8 Å². The van der Waals surface area contributed by atoms with E-state index in [1.807, 2.05) is 31.6 Å². The van der Waals surface area contributed by atoms with Crippen molar-refractivity contribution in [2.45, 2.75) is 0 Å². The van der Waals surface area contributed by atoms with Gasteiger partial charge < -0.3 is 15.7 Å². The van der Waals surface area contributed by atoms with Crippen LogP contribution < -0.4 is 10.6 Å². The molecule has 3 N–H and O–H groups in total. The van der Waals surface area contributed by atoms with Gasteiger partial charge in [-0.1, -0.05) is 6.07 Å². The van der Waals surface area contributed by atoms with Gasteiger partial charge in [0.05, 0.1) is 23.6 Å². The van der Waals surface area contributed by atoms with Gasteiger partial charge in [0.1, 0.15) is 0 Å². The van der Waals surface area contributed by atoms with Crippen LogP contribution in [0.15, 0.2) is 36.9 Å². The van der Waals surface area contributed by atoms with Crippen molar-refractivity contribution in [2.75, 3.05) is 18.4 Å². The van der Waals surface area contributed by atoms with Crippen molar-refractivity contribution in [3.63, 3.8) is 0 Å². The first-order valence-corrected chi connectivity index (χ1v) is 6.80. The average molecular weight is 300 g/mol. The first-order valence-electron chi connectivity index (χ1n) is 6.80. The molecule has 3 rings (SSSR count). The number of hydrogen-bond donors (Lipinski definition) is 3. The summed E-state index contributed by atoms with van der Waals surface area (Å²) in [6, 6.07) is 3.98. The van der Waals surface area contributed by atoms with E-state index in [-0.39, 0.29) is 0 Å². The van der Waals surface area contributed by atoms with Crippen LogP contribution in [0.2, 0.25) is 0 Å². The van der Waals surface area contributed by atoms with Crippen molar-refractivity contribution in [3.8, 4) is 11.1 Å². The van der Waals surface area contributed by atoms with Gasteiger partial charge in [0, 0.05) is 43.7 Å². The Morgan fingerprint density at radius 2 is 2.05 bits per heavy atom. The van der Waals surface area contributed by atoms with Crippen LogP contribution in [-0.4, -0.2) is 43.7 Å². The molecule has 3 aromatic rings. The summed E-state index contributed by atoms with van der Waals surface area (Å²) in [5.74, 6) is 0. The Bertz CT molecular complexity index is 807. The second-order valence-electron chi connectivity index (χ2n) is 4.87. The molecule has 0 saturated heterocycles. The molecule has 0 aromatic carbocycles. The Morgan fingerprint density at radius 1 is 1.18 bits per heavy atom. The number of amides is 1. The molecule has 114 valence electrons. The maximum Gasteiger partial charge on any atom is 0.404 e. The van der Waals surface area contributed by atoms with Gasteiger partial charge in [-0.3, -0.25) is 4.68 Å². The average Bonchev–Trinajstić information content (AvgIpc) is 3.09. The van der Waals surface area contributed by atoms with Crippen molar-refractivity contribution in [1.82, 2.24) is 24.7 Å². The summed E-state index contributed by atoms with van der Waals surface area (Å²) in [4.78, 5) is 10.4. The van der Waals surface area contributed by atoms with Crippen molar-refractivity contribution in [1.29, 1.82) is 0 Å². The highest BCUT2D eigenvalue weighted by Gasteiger charge is 2.06. The lowest BCUT2D eigenvalue weighted by Gasteiger charge is -2.05. The fraction of sp³-hybridized carbons (Fsp3) is 0.214. The molecule has 1 amide bonds. The molecular formula is C14H16N6O2. The number of rotatable bonds is 5. The largest absolute Gasteiger partial charge is 0.465 e. The van der Waals surface area contributed by atoms with Crippen LogP contribution in [0.5, 0.6) is 0 Å². The van der Waals surface area contributed by atoms with E-state index in [1.54, 1.807) is 21.6 Å². The van der Waals surface area contributed by atoms with E-state index in [9.17, 15) is 4.79 Å². The molecule has 0 aliphatic rings. The third-order valence-corrected chi connectivity index (χ3v) is 3.27.